The predicted molar refractivity (Wildman–Crippen MR) is 127 cm³/mol. The van der Waals surface area contributed by atoms with E-state index in [0.717, 1.165) is 36.1 Å². The summed E-state index contributed by atoms with van der Waals surface area (Å²) in [4.78, 5) is 8.85. The normalized spacial score (nSPS) is 30.8. The molecule has 3 fully saturated rings. The lowest BCUT2D eigenvalue weighted by molar-refractivity contribution is 0.310. The molecule has 30 heavy (non-hydrogen) atoms. The van der Waals surface area contributed by atoms with Crippen molar-refractivity contribution >= 4 is 27.2 Å². The Labute approximate surface area is 183 Å². The summed E-state index contributed by atoms with van der Waals surface area (Å²) in [7, 11) is 0. The van der Waals surface area contributed by atoms with Crippen molar-refractivity contribution in [2.24, 2.45) is 28.6 Å². The van der Waals surface area contributed by atoms with E-state index < -0.39 is 0 Å². The lowest BCUT2D eigenvalue weighted by Gasteiger charge is -2.24. The summed E-state index contributed by atoms with van der Waals surface area (Å²) in [5, 5.41) is 1.34. The minimum absolute atomic E-state index is 0.375. The first-order valence-corrected chi connectivity index (χ1v) is 12.2. The van der Waals surface area contributed by atoms with Gasteiger partial charge >= 0.3 is 0 Å². The summed E-state index contributed by atoms with van der Waals surface area (Å²) in [5.74, 6) is 2.47. The number of benzene rings is 2. The smallest absolute Gasteiger partial charge is 0.201 e. The quantitative estimate of drug-likeness (QED) is 0.412. The maximum absolute atomic E-state index is 4.98. The fourth-order valence-corrected chi connectivity index (χ4v) is 6.86. The van der Waals surface area contributed by atoms with Gasteiger partial charge in [-0.25, -0.2) is 9.56 Å². The van der Waals surface area contributed by atoms with Crippen molar-refractivity contribution < 1.29 is 0 Å². The molecule has 0 aromatic heterocycles. The van der Waals surface area contributed by atoms with Crippen molar-refractivity contribution in [2.75, 3.05) is 31.1 Å². The first-order valence-electron chi connectivity index (χ1n) is 11.4. The average molecular weight is 419 g/mol. The Balaban J connectivity index is 1.39. The van der Waals surface area contributed by atoms with Gasteiger partial charge in [0, 0.05) is 42.2 Å². The zero-order valence-corrected chi connectivity index (χ0v) is 19.6. The minimum Gasteiger partial charge on any atom is -0.371 e. The van der Waals surface area contributed by atoms with Gasteiger partial charge in [-0.3, -0.25) is 0 Å². The highest BCUT2D eigenvalue weighted by molar-refractivity contribution is 7.21. The number of anilines is 1. The molecule has 2 saturated heterocycles. The third kappa shape index (κ3) is 2.76. The molecule has 0 radical (unpaired) electrons. The zero-order chi connectivity index (χ0) is 20.8. The Morgan fingerprint density at radius 1 is 1.03 bits per heavy atom. The first kappa shape index (κ1) is 18.8. The molecule has 3 unspecified atom stereocenters. The number of nitrogens with zero attached hydrogens (tertiary/aromatic N) is 3. The van der Waals surface area contributed by atoms with Gasteiger partial charge in [-0.2, -0.15) is 0 Å². The van der Waals surface area contributed by atoms with Crippen molar-refractivity contribution in [1.82, 2.24) is 9.56 Å². The lowest BCUT2D eigenvalue weighted by Crippen LogP contribution is -2.29. The molecule has 5 aliphatic rings. The Hall–Kier alpha value is -1.94. The van der Waals surface area contributed by atoms with Crippen LogP contribution in [0.2, 0.25) is 0 Å². The van der Waals surface area contributed by atoms with Gasteiger partial charge in [-0.15, -0.1) is 11.3 Å². The maximum atomic E-state index is 4.98. The zero-order valence-electron chi connectivity index (χ0n) is 18.8. The molecule has 6 rings (SSSR count). The second-order valence-electron chi connectivity index (χ2n) is 11.2. The van der Waals surface area contributed by atoms with Gasteiger partial charge in [-0.05, 0) is 41.5 Å². The van der Waals surface area contributed by atoms with Crippen molar-refractivity contribution in [3.63, 3.8) is 0 Å². The number of hydrogen-bond donors (Lipinski definition) is 0. The summed E-state index contributed by atoms with van der Waals surface area (Å²) in [6, 6.07) is 13.7. The van der Waals surface area contributed by atoms with E-state index in [1.54, 1.807) is 0 Å². The Morgan fingerprint density at radius 3 is 2.50 bits per heavy atom. The van der Waals surface area contributed by atoms with Crippen LogP contribution in [0, 0.1) is 28.6 Å². The second kappa shape index (κ2) is 6.06. The fraction of sp³-hybridized carbons (Fsp3) is 0.538. The molecule has 0 bridgehead atoms. The van der Waals surface area contributed by atoms with Crippen molar-refractivity contribution in [3.05, 3.63) is 41.8 Å². The van der Waals surface area contributed by atoms with E-state index in [0.29, 0.717) is 16.7 Å². The van der Waals surface area contributed by atoms with Gasteiger partial charge in [-0.1, -0.05) is 34.6 Å². The SMILES string of the molecule is CC1C[N+](=c2ccc3nc4ccc(N5CC6C(C5)C6(C)C)cc4sc-3c2)CC1(C)C. The largest absolute Gasteiger partial charge is 0.371 e. The number of aromatic nitrogens is 1. The molecule has 3 heterocycles. The van der Waals surface area contributed by atoms with Crippen LogP contribution in [0.15, 0.2) is 36.4 Å². The lowest BCUT2D eigenvalue weighted by atomic mass is 9.84. The third-order valence-corrected chi connectivity index (χ3v) is 9.72. The molecule has 3 aliphatic heterocycles. The van der Waals surface area contributed by atoms with Crippen LogP contribution >= 0.6 is 11.3 Å². The molecule has 0 N–H and O–H groups in total. The highest BCUT2D eigenvalue weighted by Gasteiger charge is 2.61. The van der Waals surface area contributed by atoms with Crippen LogP contribution < -0.4 is 14.8 Å². The highest BCUT2D eigenvalue weighted by Crippen LogP contribution is 2.62. The standard InChI is InChI=1S/C26H32N3S/c1-16-12-29(15-25(16,2)3)18-7-9-22-24(11-18)30-23-10-17(6-8-21(23)27-22)28-13-19-20(14-28)26(19,4)5/h6-11,16,19-20H,12-15H2,1-5H3/q+1. The molecular weight excluding hydrogens is 386 g/mol. The molecular formula is C26H32N3S+. The van der Waals surface area contributed by atoms with E-state index in [1.807, 2.05) is 11.3 Å². The number of hydrogen-bond acceptors (Lipinski definition) is 3. The molecule has 0 spiro atoms. The van der Waals surface area contributed by atoms with Crippen molar-refractivity contribution in [3.8, 4) is 10.6 Å². The summed E-state index contributed by atoms with van der Waals surface area (Å²) in [6.45, 7) is 16.7. The molecule has 2 aliphatic carbocycles. The summed E-state index contributed by atoms with van der Waals surface area (Å²) >= 11 is 1.89. The molecule has 156 valence electrons. The van der Waals surface area contributed by atoms with Crippen LogP contribution in [0.5, 0.6) is 0 Å². The maximum Gasteiger partial charge on any atom is 0.201 e. The van der Waals surface area contributed by atoms with Crippen LogP contribution in [0.4, 0.5) is 5.69 Å². The Bertz CT molecular complexity index is 1190. The van der Waals surface area contributed by atoms with Gasteiger partial charge in [0.1, 0.15) is 13.1 Å². The molecule has 0 amide bonds. The van der Waals surface area contributed by atoms with Gasteiger partial charge in [0.2, 0.25) is 5.36 Å². The van der Waals surface area contributed by atoms with E-state index in [9.17, 15) is 0 Å². The topological polar surface area (TPSA) is 19.1 Å². The van der Waals surface area contributed by atoms with Crippen molar-refractivity contribution in [2.45, 2.75) is 34.6 Å². The van der Waals surface area contributed by atoms with Crippen LogP contribution in [-0.2, 0) is 0 Å². The van der Waals surface area contributed by atoms with E-state index >= 15 is 0 Å². The molecule has 3 nitrogen and oxygen atoms in total. The fourth-order valence-electron chi connectivity index (χ4n) is 5.82. The van der Waals surface area contributed by atoms with Gasteiger partial charge in [0.15, 0.2) is 0 Å². The summed E-state index contributed by atoms with van der Waals surface area (Å²) in [5.41, 5.74) is 4.53. The van der Waals surface area contributed by atoms with Crippen LogP contribution in [0.1, 0.15) is 34.6 Å². The average Bonchev–Trinajstić information content (AvgIpc) is 3.06. The van der Waals surface area contributed by atoms with Crippen LogP contribution in [0.3, 0.4) is 0 Å². The van der Waals surface area contributed by atoms with Gasteiger partial charge < -0.3 is 4.90 Å². The summed E-state index contributed by atoms with van der Waals surface area (Å²) < 4.78 is 3.85. The minimum atomic E-state index is 0.375. The van der Waals surface area contributed by atoms with E-state index in [1.165, 1.54) is 33.7 Å². The van der Waals surface area contributed by atoms with Crippen LogP contribution in [-0.4, -0.2) is 31.2 Å². The Kier molecular flexibility index (Phi) is 3.80. The van der Waals surface area contributed by atoms with Gasteiger partial charge in [0.05, 0.1) is 20.8 Å². The van der Waals surface area contributed by atoms with Gasteiger partial charge in [0.25, 0.3) is 0 Å². The molecule has 3 atom stereocenters. The molecule has 1 aromatic carbocycles. The predicted octanol–water partition coefficient (Wildman–Crippen LogP) is 4.94. The molecule has 1 saturated carbocycles. The molecule has 4 heteroatoms. The summed E-state index contributed by atoms with van der Waals surface area (Å²) in [6.07, 6.45) is 0. The number of rotatable bonds is 1. The molecule has 1 aromatic rings. The number of piperidine rings is 1. The highest BCUT2D eigenvalue weighted by atomic mass is 32.1. The third-order valence-electron chi connectivity index (χ3n) is 8.63. The monoisotopic (exact) mass is 418 g/mol. The van der Waals surface area contributed by atoms with E-state index in [4.69, 9.17) is 4.98 Å². The van der Waals surface area contributed by atoms with Crippen LogP contribution in [0.25, 0.3) is 20.8 Å². The Morgan fingerprint density at radius 2 is 1.80 bits per heavy atom. The van der Waals surface area contributed by atoms with E-state index in [-0.39, 0.29) is 0 Å². The van der Waals surface area contributed by atoms with Crippen molar-refractivity contribution in [1.29, 1.82) is 0 Å². The second-order valence-corrected chi connectivity index (χ2v) is 12.3. The van der Waals surface area contributed by atoms with E-state index in [2.05, 4.69) is 80.5 Å². The first-order chi connectivity index (χ1) is 14.2. The number of fused-ring (bicyclic) bond motifs is 3.